The fraction of sp³-hybridized carbons (Fsp3) is 0.211. The minimum atomic E-state index is -4.27. The summed E-state index contributed by atoms with van der Waals surface area (Å²) in [6.45, 7) is 20.9. The number of aliphatic hydroxyl groups excluding tert-OH is 1. The van der Waals surface area contributed by atoms with Crippen LogP contribution in [0.2, 0.25) is 10.0 Å². The van der Waals surface area contributed by atoms with Gasteiger partial charge in [0.1, 0.15) is 29.7 Å². The Morgan fingerprint density at radius 1 is 0.707 bits per heavy atom. The molecule has 0 unspecified atom stereocenters. The van der Waals surface area contributed by atoms with Gasteiger partial charge in [-0.15, -0.1) is 20.4 Å². The van der Waals surface area contributed by atoms with Gasteiger partial charge in [-0.3, -0.25) is 4.18 Å². The van der Waals surface area contributed by atoms with E-state index in [2.05, 4.69) is 40.7 Å². The largest absolute Gasteiger partial charge is 0.508 e. The summed E-state index contributed by atoms with van der Waals surface area (Å²) < 4.78 is 39.3. The minimum absolute atomic E-state index is 0.0315. The van der Waals surface area contributed by atoms with E-state index in [1.165, 1.54) is 37.3 Å². The molecule has 0 aliphatic carbocycles. The van der Waals surface area contributed by atoms with Crippen molar-refractivity contribution in [3.05, 3.63) is 129 Å². The zero-order valence-corrected chi connectivity index (χ0v) is 33.4. The van der Waals surface area contributed by atoms with Gasteiger partial charge in [0.05, 0.1) is 29.3 Å². The van der Waals surface area contributed by atoms with Crippen LogP contribution in [0.1, 0.15) is 48.8 Å². The SMILES string of the molecule is [C-]#[N+]c1ccc(N[C@@H](c2nnc(-c3ccc(O)cc3)o2)[C@H](C)O)c(C)c1Cl.[C-]#[N+]c1ccc(N[C@@H](c2nnc(-c3ccc(O)cc3)o2)[C@H](C)OS(N)(=O)=O)c(C)c1Cl. The van der Waals surface area contributed by atoms with Crippen molar-refractivity contribution in [2.75, 3.05) is 10.6 Å². The topological polar surface area (TPSA) is 241 Å². The molecule has 0 amide bonds. The third-order valence-electron chi connectivity index (χ3n) is 8.47. The van der Waals surface area contributed by atoms with Crippen molar-refractivity contribution in [1.82, 2.24) is 20.4 Å². The molecular formula is C38H35Cl2N9O8S. The van der Waals surface area contributed by atoms with Crippen molar-refractivity contribution in [1.29, 1.82) is 0 Å². The monoisotopic (exact) mass is 847 g/mol. The van der Waals surface area contributed by atoms with Crippen LogP contribution in [0, 0.1) is 27.0 Å². The van der Waals surface area contributed by atoms with E-state index in [9.17, 15) is 23.7 Å². The van der Waals surface area contributed by atoms with Gasteiger partial charge in [0.15, 0.2) is 0 Å². The van der Waals surface area contributed by atoms with E-state index in [1.54, 1.807) is 63.2 Å². The first-order chi connectivity index (χ1) is 27.5. The normalized spacial score (nSPS) is 13.2. The smallest absolute Gasteiger partial charge is 0.333 e. The fourth-order valence-corrected chi connectivity index (χ4v) is 6.31. The van der Waals surface area contributed by atoms with Crippen LogP contribution in [0.4, 0.5) is 22.7 Å². The van der Waals surface area contributed by atoms with E-state index in [1.807, 2.05) is 0 Å². The summed E-state index contributed by atoms with van der Waals surface area (Å²) in [5.74, 6) is 0.880. The Morgan fingerprint density at radius 2 is 1.10 bits per heavy atom. The molecule has 2 heterocycles. The number of nitrogens with one attached hydrogen (secondary N) is 2. The minimum Gasteiger partial charge on any atom is -0.508 e. The standard InChI is InChI=1S/C19H18ClN5O5S.C19H17ClN4O3/c1-10-14(8-9-15(22-3)16(10)20)23-17(11(2)30-31(21,27)28)19-25-24-18(29-19)12-4-6-13(26)7-5-12;1-10-14(8-9-15(21-3)16(10)20)22-17(11(2)25)19-24-23-18(27-19)12-4-6-13(26)7-5-12/h4-9,11,17,23,26H,1-2H3,(H2,21,27,28);4-9,11,17,22,25-26H,1-2H3/t2*11-,17+/m00/s1. The molecule has 0 radical (unpaired) electrons. The van der Waals surface area contributed by atoms with Gasteiger partial charge in [-0.05, 0) is 99.5 Å². The van der Waals surface area contributed by atoms with Crippen LogP contribution in [0.5, 0.6) is 11.5 Å². The van der Waals surface area contributed by atoms with Crippen molar-refractivity contribution >= 4 is 56.3 Å². The summed E-state index contributed by atoms with van der Waals surface area (Å²) >= 11 is 12.5. The average molecular weight is 849 g/mol. The molecule has 0 saturated heterocycles. The van der Waals surface area contributed by atoms with Gasteiger partial charge in [0.25, 0.3) is 0 Å². The maximum Gasteiger partial charge on any atom is 0.333 e. The van der Waals surface area contributed by atoms with Crippen LogP contribution in [-0.2, 0) is 14.5 Å². The molecule has 300 valence electrons. The summed E-state index contributed by atoms with van der Waals surface area (Å²) in [5.41, 5.74) is 4.27. The van der Waals surface area contributed by atoms with Gasteiger partial charge < -0.3 is 34.8 Å². The number of benzene rings is 4. The number of rotatable bonds is 12. The zero-order chi connectivity index (χ0) is 42.3. The third-order valence-corrected chi connectivity index (χ3v) is 10.0. The summed E-state index contributed by atoms with van der Waals surface area (Å²) in [6, 6.07) is 17.4. The molecule has 0 spiro atoms. The molecule has 4 atom stereocenters. The fourth-order valence-electron chi connectivity index (χ4n) is 5.36. The number of hydrogen-bond donors (Lipinski definition) is 6. The summed E-state index contributed by atoms with van der Waals surface area (Å²) in [5, 5.41) is 56.9. The predicted molar refractivity (Wildman–Crippen MR) is 216 cm³/mol. The van der Waals surface area contributed by atoms with E-state index >= 15 is 0 Å². The number of aromatic hydroxyl groups is 2. The maximum atomic E-state index is 11.5. The molecule has 20 heteroatoms. The number of nitrogens with zero attached hydrogens (tertiary/aromatic N) is 6. The van der Waals surface area contributed by atoms with Crippen molar-refractivity contribution in [3.8, 4) is 34.4 Å². The van der Waals surface area contributed by atoms with Gasteiger partial charge >= 0.3 is 10.3 Å². The zero-order valence-electron chi connectivity index (χ0n) is 31.0. The number of nitrogens with two attached hydrogens (primary N) is 1. The summed E-state index contributed by atoms with van der Waals surface area (Å²) in [4.78, 5) is 6.72. The Balaban J connectivity index is 0.000000223. The Hall–Kier alpha value is -6.25. The maximum absolute atomic E-state index is 11.5. The number of aliphatic hydroxyl groups is 1. The number of phenols is 2. The van der Waals surface area contributed by atoms with Crippen LogP contribution in [0.15, 0.2) is 81.6 Å². The highest BCUT2D eigenvalue weighted by Gasteiger charge is 2.30. The molecule has 17 nitrogen and oxygen atoms in total. The van der Waals surface area contributed by atoms with E-state index in [0.717, 1.165) is 0 Å². The van der Waals surface area contributed by atoms with Crippen molar-refractivity contribution < 1.29 is 36.8 Å². The second-order valence-corrected chi connectivity index (χ2v) is 14.6. The molecule has 7 N–H and O–H groups in total. The van der Waals surface area contributed by atoms with E-state index in [4.69, 9.17) is 54.5 Å². The Morgan fingerprint density at radius 3 is 1.48 bits per heavy atom. The average Bonchev–Trinajstić information content (AvgIpc) is 3.87. The molecular weight excluding hydrogens is 813 g/mol. The molecule has 0 saturated carbocycles. The van der Waals surface area contributed by atoms with Crippen molar-refractivity contribution in [2.45, 2.75) is 52.0 Å². The molecule has 2 aromatic heterocycles. The quantitative estimate of drug-likeness (QED) is 0.0636. The van der Waals surface area contributed by atoms with Crippen LogP contribution in [-0.4, -0.2) is 56.3 Å². The van der Waals surface area contributed by atoms with E-state index < -0.39 is 34.6 Å². The first kappa shape index (κ1) is 42.9. The highest BCUT2D eigenvalue weighted by atomic mass is 35.5. The van der Waals surface area contributed by atoms with Gasteiger partial charge in [-0.25, -0.2) is 14.8 Å². The predicted octanol–water partition coefficient (Wildman–Crippen LogP) is 8.21. The Kier molecular flexibility index (Phi) is 13.6. The molecule has 4 aromatic carbocycles. The van der Waals surface area contributed by atoms with Crippen LogP contribution < -0.4 is 15.8 Å². The number of halogens is 2. The Labute approximate surface area is 342 Å². The molecule has 58 heavy (non-hydrogen) atoms. The lowest BCUT2D eigenvalue weighted by molar-refractivity contribution is 0.159. The van der Waals surface area contributed by atoms with Crippen molar-refractivity contribution in [2.24, 2.45) is 5.14 Å². The molecule has 0 bridgehead atoms. The van der Waals surface area contributed by atoms with Gasteiger partial charge in [-0.2, -0.15) is 8.42 Å². The second kappa shape index (κ2) is 18.3. The van der Waals surface area contributed by atoms with Crippen molar-refractivity contribution in [3.63, 3.8) is 0 Å². The highest BCUT2D eigenvalue weighted by Crippen LogP contribution is 2.37. The lowest BCUT2D eigenvalue weighted by Gasteiger charge is -2.23. The van der Waals surface area contributed by atoms with E-state index in [0.29, 0.717) is 44.3 Å². The van der Waals surface area contributed by atoms with Crippen LogP contribution >= 0.6 is 23.2 Å². The molecule has 6 rings (SSSR count). The highest BCUT2D eigenvalue weighted by molar-refractivity contribution is 7.84. The van der Waals surface area contributed by atoms with Gasteiger partial charge in [-0.1, -0.05) is 35.3 Å². The number of aromatic nitrogens is 4. The van der Waals surface area contributed by atoms with Gasteiger partial charge in [0, 0.05) is 22.5 Å². The Bertz CT molecular complexity index is 2590. The third kappa shape index (κ3) is 10.4. The molecule has 0 aliphatic heterocycles. The molecule has 0 fully saturated rings. The lowest BCUT2D eigenvalue weighted by Crippen LogP contribution is -2.31. The first-order valence-electron chi connectivity index (χ1n) is 17.0. The summed E-state index contributed by atoms with van der Waals surface area (Å²) in [7, 11) is -4.27. The van der Waals surface area contributed by atoms with Gasteiger partial charge in [0.2, 0.25) is 34.9 Å². The molecule has 0 aliphatic rings. The number of anilines is 2. The lowest BCUT2D eigenvalue weighted by atomic mass is 10.1. The van der Waals surface area contributed by atoms with Crippen LogP contribution in [0.3, 0.4) is 0 Å². The second-order valence-electron chi connectivity index (χ2n) is 12.6. The number of hydrogen-bond acceptors (Lipinski definition) is 14. The molecule has 6 aromatic rings. The summed E-state index contributed by atoms with van der Waals surface area (Å²) in [6.07, 6.45) is -1.88. The van der Waals surface area contributed by atoms with Crippen LogP contribution in [0.25, 0.3) is 32.6 Å². The van der Waals surface area contributed by atoms with E-state index in [-0.39, 0.29) is 45.8 Å². The number of phenolic OH excluding ortho intramolecular Hbond substituents is 2. The first-order valence-corrected chi connectivity index (χ1v) is 19.2.